The maximum Gasteiger partial charge on any atom is 0.274 e. The van der Waals surface area contributed by atoms with Crippen molar-refractivity contribution in [3.63, 3.8) is 0 Å². The molecule has 26 heavy (non-hydrogen) atoms. The summed E-state index contributed by atoms with van der Waals surface area (Å²) in [5.41, 5.74) is 3.36. The first kappa shape index (κ1) is 18.1. The van der Waals surface area contributed by atoms with Gasteiger partial charge in [0.2, 0.25) is 0 Å². The molecule has 1 aliphatic heterocycles. The zero-order valence-corrected chi connectivity index (χ0v) is 15.3. The van der Waals surface area contributed by atoms with Gasteiger partial charge in [-0.05, 0) is 63.1 Å². The van der Waals surface area contributed by atoms with Crippen molar-refractivity contribution >= 4 is 11.6 Å². The maximum absolute atomic E-state index is 12.3. The van der Waals surface area contributed by atoms with Crippen LogP contribution in [0.1, 0.15) is 53.5 Å². The minimum Gasteiger partial charge on any atom is -0.321 e. The van der Waals surface area contributed by atoms with Crippen molar-refractivity contribution in [1.82, 2.24) is 9.88 Å². The van der Waals surface area contributed by atoms with Gasteiger partial charge in [0.05, 0.1) is 11.3 Å². The molecule has 0 saturated carbocycles. The smallest absolute Gasteiger partial charge is 0.274 e. The van der Waals surface area contributed by atoms with Crippen molar-refractivity contribution in [2.75, 3.05) is 11.9 Å². The summed E-state index contributed by atoms with van der Waals surface area (Å²) in [6, 6.07) is 13.9. The molecule has 0 spiro atoms. The van der Waals surface area contributed by atoms with Crippen LogP contribution in [0.4, 0.5) is 5.69 Å². The number of anilines is 1. The van der Waals surface area contributed by atoms with Crippen LogP contribution in [0.25, 0.3) is 0 Å². The van der Waals surface area contributed by atoms with Gasteiger partial charge in [0, 0.05) is 18.3 Å². The van der Waals surface area contributed by atoms with Crippen molar-refractivity contribution < 1.29 is 4.79 Å². The van der Waals surface area contributed by atoms with E-state index in [2.05, 4.69) is 40.3 Å². The van der Waals surface area contributed by atoms with Crippen LogP contribution in [-0.2, 0) is 6.54 Å². The number of aryl methyl sites for hydroxylation is 1. The third kappa shape index (κ3) is 4.27. The topological polar surface area (TPSA) is 69.0 Å². The summed E-state index contributed by atoms with van der Waals surface area (Å²) >= 11 is 0. The Kier molecular flexibility index (Phi) is 5.65. The van der Waals surface area contributed by atoms with E-state index in [4.69, 9.17) is 5.26 Å². The molecule has 0 radical (unpaired) electrons. The SMILES string of the molecule is Cc1nc(C(=O)Nc2ccc(CN3CCCCC3C)cc2)ccc1C#N. The molecule has 1 amide bonds. The van der Waals surface area contributed by atoms with Crippen LogP contribution >= 0.6 is 0 Å². The molecule has 1 aromatic carbocycles. The van der Waals surface area contributed by atoms with Crippen LogP contribution < -0.4 is 5.32 Å². The summed E-state index contributed by atoms with van der Waals surface area (Å²) in [4.78, 5) is 19.1. The molecular weight excluding hydrogens is 324 g/mol. The Morgan fingerprint density at radius 3 is 2.69 bits per heavy atom. The van der Waals surface area contributed by atoms with Crippen LogP contribution in [0, 0.1) is 18.3 Å². The Morgan fingerprint density at radius 2 is 2.04 bits per heavy atom. The minimum absolute atomic E-state index is 0.269. The van der Waals surface area contributed by atoms with E-state index in [0.29, 0.717) is 23.0 Å². The standard InChI is InChI=1S/C21H24N4O/c1-15-5-3-4-12-25(15)14-17-6-9-19(10-7-17)24-21(26)20-11-8-18(13-22)16(2)23-20/h6-11,15H,3-5,12,14H2,1-2H3,(H,24,26). The van der Waals surface area contributed by atoms with E-state index in [1.807, 2.05) is 12.1 Å². The fraction of sp³-hybridized carbons (Fsp3) is 0.381. The lowest BCUT2D eigenvalue weighted by atomic mass is 10.0. The number of aromatic nitrogens is 1. The quantitative estimate of drug-likeness (QED) is 0.910. The number of nitriles is 1. The number of nitrogens with one attached hydrogen (secondary N) is 1. The van der Waals surface area contributed by atoms with E-state index in [1.165, 1.54) is 24.8 Å². The molecule has 1 aliphatic rings. The van der Waals surface area contributed by atoms with E-state index in [0.717, 1.165) is 18.8 Å². The first-order valence-corrected chi connectivity index (χ1v) is 9.09. The Balaban J connectivity index is 1.62. The number of carbonyl (C=O) groups excluding carboxylic acids is 1. The number of nitrogens with zero attached hydrogens (tertiary/aromatic N) is 3. The van der Waals surface area contributed by atoms with Gasteiger partial charge in [0.15, 0.2) is 0 Å². The third-order valence-corrected chi connectivity index (χ3v) is 4.98. The summed E-state index contributed by atoms with van der Waals surface area (Å²) in [7, 11) is 0. The summed E-state index contributed by atoms with van der Waals surface area (Å²) in [5.74, 6) is -0.269. The molecule has 134 valence electrons. The number of hydrogen-bond donors (Lipinski definition) is 1. The van der Waals surface area contributed by atoms with Crippen molar-refractivity contribution in [2.45, 2.75) is 45.7 Å². The highest BCUT2D eigenvalue weighted by atomic mass is 16.1. The molecule has 1 saturated heterocycles. The molecule has 1 fully saturated rings. The Bertz CT molecular complexity index is 823. The molecule has 1 aromatic heterocycles. The maximum atomic E-state index is 12.3. The Hall–Kier alpha value is -2.71. The van der Waals surface area contributed by atoms with Gasteiger partial charge in [-0.1, -0.05) is 18.6 Å². The summed E-state index contributed by atoms with van der Waals surface area (Å²) in [5, 5.41) is 11.8. The highest BCUT2D eigenvalue weighted by Gasteiger charge is 2.18. The van der Waals surface area contributed by atoms with Crippen LogP contribution in [0.5, 0.6) is 0 Å². The zero-order valence-electron chi connectivity index (χ0n) is 15.3. The van der Waals surface area contributed by atoms with Gasteiger partial charge in [-0.15, -0.1) is 0 Å². The van der Waals surface area contributed by atoms with Gasteiger partial charge < -0.3 is 5.32 Å². The molecule has 1 atom stereocenters. The molecule has 0 aliphatic carbocycles. The van der Waals surface area contributed by atoms with Crippen molar-refractivity contribution in [1.29, 1.82) is 5.26 Å². The molecule has 1 N–H and O–H groups in total. The Morgan fingerprint density at radius 1 is 1.27 bits per heavy atom. The fourth-order valence-corrected chi connectivity index (χ4v) is 3.32. The number of carbonyl (C=O) groups is 1. The van der Waals surface area contributed by atoms with Crippen LogP contribution in [0.15, 0.2) is 36.4 Å². The van der Waals surface area contributed by atoms with Crippen LogP contribution in [-0.4, -0.2) is 28.4 Å². The molecule has 5 heteroatoms. The van der Waals surface area contributed by atoms with Gasteiger partial charge in [0.25, 0.3) is 5.91 Å². The van der Waals surface area contributed by atoms with Crippen molar-refractivity contribution in [3.8, 4) is 6.07 Å². The second-order valence-electron chi connectivity index (χ2n) is 6.91. The molecular formula is C21H24N4O. The summed E-state index contributed by atoms with van der Waals surface area (Å²) < 4.78 is 0. The predicted octanol–water partition coefficient (Wildman–Crippen LogP) is 3.89. The molecule has 2 heterocycles. The van der Waals surface area contributed by atoms with Gasteiger partial charge in [-0.3, -0.25) is 9.69 Å². The van der Waals surface area contributed by atoms with Gasteiger partial charge in [-0.25, -0.2) is 4.98 Å². The van der Waals surface area contributed by atoms with Crippen molar-refractivity contribution in [2.24, 2.45) is 0 Å². The van der Waals surface area contributed by atoms with Crippen LogP contribution in [0.3, 0.4) is 0 Å². The first-order chi connectivity index (χ1) is 12.6. The zero-order chi connectivity index (χ0) is 18.5. The summed E-state index contributed by atoms with van der Waals surface area (Å²) in [6.45, 7) is 6.13. The molecule has 2 aromatic rings. The molecule has 0 bridgehead atoms. The number of hydrogen-bond acceptors (Lipinski definition) is 4. The number of amides is 1. The van der Waals surface area contributed by atoms with Gasteiger partial charge in [-0.2, -0.15) is 5.26 Å². The average Bonchev–Trinajstić information content (AvgIpc) is 2.65. The largest absolute Gasteiger partial charge is 0.321 e. The first-order valence-electron chi connectivity index (χ1n) is 9.09. The van der Waals surface area contributed by atoms with Crippen molar-refractivity contribution in [3.05, 3.63) is 58.9 Å². The number of piperidine rings is 1. The van der Waals surface area contributed by atoms with Crippen LogP contribution in [0.2, 0.25) is 0 Å². The van der Waals surface area contributed by atoms with E-state index >= 15 is 0 Å². The lowest BCUT2D eigenvalue weighted by molar-refractivity contribution is 0.102. The van der Waals surface area contributed by atoms with E-state index in [1.54, 1.807) is 19.1 Å². The highest BCUT2D eigenvalue weighted by molar-refractivity contribution is 6.02. The van der Waals surface area contributed by atoms with E-state index in [9.17, 15) is 4.79 Å². The second kappa shape index (κ2) is 8.11. The lowest BCUT2D eigenvalue weighted by Gasteiger charge is -2.33. The summed E-state index contributed by atoms with van der Waals surface area (Å²) in [6.07, 6.45) is 3.87. The number of rotatable bonds is 4. The number of likely N-dealkylation sites (tertiary alicyclic amines) is 1. The predicted molar refractivity (Wildman–Crippen MR) is 102 cm³/mol. The second-order valence-corrected chi connectivity index (χ2v) is 6.91. The lowest BCUT2D eigenvalue weighted by Crippen LogP contribution is -2.36. The number of benzene rings is 1. The normalized spacial score (nSPS) is 17.5. The van der Waals surface area contributed by atoms with Gasteiger partial charge >= 0.3 is 0 Å². The third-order valence-electron chi connectivity index (χ3n) is 4.98. The molecule has 5 nitrogen and oxygen atoms in total. The monoisotopic (exact) mass is 348 g/mol. The average molecular weight is 348 g/mol. The Labute approximate surface area is 154 Å². The van der Waals surface area contributed by atoms with Gasteiger partial charge in [0.1, 0.15) is 11.8 Å². The fourth-order valence-electron chi connectivity index (χ4n) is 3.32. The molecule has 3 rings (SSSR count). The minimum atomic E-state index is -0.269. The molecule has 1 unspecified atom stereocenters. The van der Waals surface area contributed by atoms with E-state index in [-0.39, 0.29) is 5.91 Å². The van der Waals surface area contributed by atoms with E-state index < -0.39 is 0 Å². The highest BCUT2D eigenvalue weighted by Crippen LogP contribution is 2.20. The number of pyridine rings is 1.